The normalized spacial score (nSPS) is 10.4. The van der Waals surface area contributed by atoms with Gasteiger partial charge >= 0.3 is 0 Å². The lowest BCUT2D eigenvalue weighted by Crippen LogP contribution is -2.16. The molecule has 0 fully saturated rings. The molecule has 0 atom stereocenters. The predicted molar refractivity (Wildman–Crippen MR) is 51.3 cm³/mol. The van der Waals surface area contributed by atoms with Crippen molar-refractivity contribution < 1.29 is 12.7 Å². The number of benzene rings is 1. The zero-order valence-electron chi connectivity index (χ0n) is 6.81. The van der Waals surface area contributed by atoms with E-state index in [1.807, 2.05) is 0 Å². The van der Waals surface area contributed by atoms with Gasteiger partial charge in [0.1, 0.15) is 0 Å². The van der Waals surface area contributed by atoms with Crippen molar-refractivity contribution in [1.29, 1.82) is 0 Å². The first-order valence-corrected chi connectivity index (χ1v) is 4.89. The monoisotopic (exact) mass is 221 g/mol. The summed E-state index contributed by atoms with van der Waals surface area (Å²) in [6.45, 7) is 0. The minimum atomic E-state index is -2.91. The van der Waals surface area contributed by atoms with Crippen LogP contribution in [0.25, 0.3) is 0 Å². The molecule has 1 aromatic carbocycles. The summed E-state index contributed by atoms with van der Waals surface area (Å²) in [6.07, 6.45) is 0. The summed E-state index contributed by atoms with van der Waals surface area (Å²) in [5.74, 6) is 0. The molecule has 1 rings (SSSR count). The summed E-state index contributed by atoms with van der Waals surface area (Å²) in [7, 11) is -1.44. The van der Waals surface area contributed by atoms with Crippen LogP contribution in [0.15, 0.2) is 24.3 Å². The summed E-state index contributed by atoms with van der Waals surface area (Å²) in [5.41, 5.74) is 0.503. The number of hydrogen-bond donors (Lipinski definition) is 1. The minimum Gasteiger partial charge on any atom is -0.238 e. The SMILES string of the molecule is CN(O[SH](=O)=O)c1ccccc1Cl. The van der Waals surface area contributed by atoms with E-state index in [0.29, 0.717) is 10.7 Å². The topological polar surface area (TPSA) is 46.6 Å². The highest BCUT2D eigenvalue weighted by Gasteiger charge is 2.05. The molecule has 0 N–H and O–H groups in total. The Morgan fingerprint density at radius 3 is 2.54 bits per heavy atom. The second-order valence-electron chi connectivity index (χ2n) is 2.25. The summed E-state index contributed by atoms with van der Waals surface area (Å²) >= 11 is 5.78. The summed E-state index contributed by atoms with van der Waals surface area (Å²) in [4.78, 5) is 0. The number of nitrogens with zero attached hydrogens (tertiary/aromatic N) is 1. The lowest BCUT2D eigenvalue weighted by atomic mass is 10.3. The Labute approximate surface area is 82.8 Å². The molecular formula is C7H8ClNO3S. The maximum atomic E-state index is 10.2. The van der Waals surface area contributed by atoms with Crippen LogP contribution in [0.3, 0.4) is 0 Å². The van der Waals surface area contributed by atoms with Crippen molar-refractivity contribution in [2.45, 2.75) is 0 Å². The van der Waals surface area contributed by atoms with Crippen LogP contribution < -0.4 is 5.06 Å². The van der Waals surface area contributed by atoms with Crippen LogP contribution in [0, 0.1) is 0 Å². The summed E-state index contributed by atoms with van der Waals surface area (Å²) in [5, 5.41) is 1.52. The van der Waals surface area contributed by atoms with Crippen molar-refractivity contribution in [3.63, 3.8) is 0 Å². The molecule has 0 bridgehead atoms. The van der Waals surface area contributed by atoms with Crippen LogP contribution >= 0.6 is 11.6 Å². The Balaban J connectivity index is 2.88. The molecule has 0 saturated carbocycles. The predicted octanol–water partition coefficient (Wildman–Crippen LogP) is 1.23. The van der Waals surface area contributed by atoms with Gasteiger partial charge in [-0.05, 0) is 12.1 Å². The summed E-state index contributed by atoms with van der Waals surface area (Å²) < 4.78 is 24.9. The number of hydrogen-bond acceptors (Lipinski definition) is 4. The molecule has 0 saturated heterocycles. The Bertz CT molecular complexity index is 359. The van der Waals surface area contributed by atoms with Gasteiger partial charge in [0.2, 0.25) is 0 Å². The van der Waals surface area contributed by atoms with E-state index in [0.717, 1.165) is 5.06 Å². The molecule has 0 unspecified atom stereocenters. The van der Waals surface area contributed by atoms with Crippen LogP contribution in [-0.4, -0.2) is 15.5 Å². The van der Waals surface area contributed by atoms with E-state index in [1.165, 1.54) is 7.05 Å². The number of para-hydroxylation sites is 1. The Morgan fingerprint density at radius 2 is 2.00 bits per heavy atom. The Morgan fingerprint density at radius 1 is 1.38 bits per heavy atom. The molecule has 0 aromatic heterocycles. The fraction of sp³-hybridized carbons (Fsp3) is 0.143. The third-order valence-electron chi connectivity index (χ3n) is 1.38. The van der Waals surface area contributed by atoms with E-state index >= 15 is 0 Å². The average molecular weight is 222 g/mol. The van der Waals surface area contributed by atoms with Gasteiger partial charge in [-0.15, -0.1) is 0 Å². The Kier molecular flexibility index (Phi) is 3.53. The fourth-order valence-electron chi connectivity index (χ4n) is 0.851. The quantitative estimate of drug-likeness (QED) is 0.616. The van der Waals surface area contributed by atoms with Gasteiger partial charge in [0.15, 0.2) is 0 Å². The molecule has 13 heavy (non-hydrogen) atoms. The van der Waals surface area contributed by atoms with Crippen molar-refractivity contribution in [2.24, 2.45) is 0 Å². The first-order chi connectivity index (χ1) is 6.11. The van der Waals surface area contributed by atoms with Crippen LogP contribution in [-0.2, 0) is 15.3 Å². The van der Waals surface area contributed by atoms with E-state index in [9.17, 15) is 8.42 Å². The number of anilines is 1. The second-order valence-corrected chi connectivity index (χ2v) is 3.27. The van der Waals surface area contributed by atoms with Gasteiger partial charge in [-0.2, -0.15) is 4.28 Å². The lowest BCUT2D eigenvalue weighted by molar-refractivity contribution is 0.320. The molecule has 6 heteroatoms. The highest BCUT2D eigenvalue weighted by Crippen LogP contribution is 2.23. The van der Waals surface area contributed by atoms with E-state index in [2.05, 4.69) is 4.28 Å². The first-order valence-electron chi connectivity index (χ1n) is 3.42. The van der Waals surface area contributed by atoms with E-state index in [4.69, 9.17) is 11.6 Å². The Hall–Kier alpha value is -0.780. The lowest BCUT2D eigenvalue weighted by Gasteiger charge is -2.14. The van der Waals surface area contributed by atoms with Crippen LogP contribution in [0.4, 0.5) is 5.69 Å². The maximum absolute atomic E-state index is 10.2. The zero-order chi connectivity index (χ0) is 9.84. The standard InChI is InChI=1S/C7H8ClNO3S/c1-9(12-13(10)11)7-5-3-2-4-6(7)8/h2-5,13H,1H3. The zero-order valence-corrected chi connectivity index (χ0v) is 8.46. The first kappa shape index (κ1) is 10.3. The molecule has 0 aliphatic rings. The molecular weight excluding hydrogens is 214 g/mol. The molecule has 4 nitrogen and oxygen atoms in total. The number of halogens is 1. The van der Waals surface area contributed by atoms with Gasteiger partial charge in [-0.1, -0.05) is 23.7 Å². The second kappa shape index (κ2) is 4.45. The van der Waals surface area contributed by atoms with Crippen molar-refractivity contribution >= 4 is 28.3 Å². The van der Waals surface area contributed by atoms with E-state index in [-0.39, 0.29) is 0 Å². The molecule has 0 spiro atoms. The number of hydroxylamine groups is 1. The molecule has 0 heterocycles. The third kappa shape index (κ3) is 2.87. The van der Waals surface area contributed by atoms with Crippen LogP contribution in [0.2, 0.25) is 5.02 Å². The van der Waals surface area contributed by atoms with Crippen molar-refractivity contribution in [3.05, 3.63) is 29.3 Å². The molecule has 0 aliphatic heterocycles. The van der Waals surface area contributed by atoms with Crippen molar-refractivity contribution in [2.75, 3.05) is 12.1 Å². The smallest absolute Gasteiger partial charge is 0.238 e. The molecule has 0 radical (unpaired) electrons. The van der Waals surface area contributed by atoms with E-state index in [1.54, 1.807) is 24.3 Å². The van der Waals surface area contributed by atoms with E-state index < -0.39 is 11.0 Å². The van der Waals surface area contributed by atoms with Gasteiger partial charge in [0.05, 0.1) is 10.7 Å². The fourth-order valence-corrected chi connectivity index (χ4v) is 1.39. The van der Waals surface area contributed by atoms with Crippen LogP contribution in [0.1, 0.15) is 0 Å². The number of thiol groups is 1. The third-order valence-corrected chi connectivity index (χ3v) is 2.08. The summed E-state index contributed by atoms with van der Waals surface area (Å²) in [6, 6.07) is 6.78. The van der Waals surface area contributed by atoms with Gasteiger partial charge in [-0.25, -0.2) is 13.5 Å². The minimum absolute atomic E-state index is 0.432. The van der Waals surface area contributed by atoms with Crippen LogP contribution in [0.5, 0.6) is 0 Å². The average Bonchev–Trinajstić information content (AvgIpc) is 2.03. The van der Waals surface area contributed by atoms with Gasteiger partial charge in [0, 0.05) is 7.05 Å². The highest BCUT2D eigenvalue weighted by atomic mass is 35.5. The van der Waals surface area contributed by atoms with Crippen molar-refractivity contribution in [1.82, 2.24) is 0 Å². The molecule has 0 aliphatic carbocycles. The number of rotatable bonds is 3. The largest absolute Gasteiger partial charge is 0.277 e. The van der Waals surface area contributed by atoms with Gasteiger partial charge < -0.3 is 0 Å². The molecule has 72 valence electrons. The van der Waals surface area contributed by atoms with Crippen molar-refractivity contribution in [3.8, 4) is 0 Å². The highest BCUT2D eigenvalue weighted by molar-refractivity contribution is 7.67. The molecule has 1 aromatic rings. The maximum Gasteiger partial charge on any atom is 0.277 e. The van der Waals surface area contributed by atoms with Gasteiger partial charge in [-0.3, -0.25) is 0 Å². The molecule has 0 amide bonds. The van der Waals surface area contributed by atoms with Gasteiger partial charge in [0.25, 0.3) is 11.0 Å².